The first-order valence-corrected chi connectivity index (χ1v) is 21.2. The van der Waals surface area contributed by atoms with E-state index in [1.54, 1.807) is 37.4 Å². The van der Waals surface area contributed by atoms with Crippen molar-refractivity contribution < 1.29 is 43.3 Å². The first-order valence-electron chi connectivity index (χ1n) is 20.0. The third-order valence-corrected chi connectivity index (χ3v) is 12.5. The van der Waals surface area contributed by atoms with Gasteiger partial charge in [0.2, 0.25) is 17.7 Å². The Morgan fingerprint density at radius 3 is 2.55 bits per heavy atom. The van der Waals surface area contributed by atoms with Crippen molar-refractivity contribution in [3.63, 3.8) is 0 Å². The van der Waals surface area contributed by atoms with Crippen molar-refractivity contribution >= 4 is 68.8 Å². The molecule has 4 N–H and O–H groups in total. The largest absolute Gasteiger partial charge is 0.495 e. The number of anilines is 1. The fourth-order valence-corrected chi connectivity index (χ4v) is 8.95. The minimum absolute atomic E-state index is 0.0259. The van der Waals surface area contributed by atoms with E-state index in [9.17, 15) is 29.1 Å². The summed E-state index contributed by atoms with van der Waals surface area (Å²) in [5.41, 5.74) is -0.287. The molecule has 0 unspecified atom stereocenters. The highest BCUT2D eigenvalue weighted by Gasteiger charge is 2.61. The summed E-state index contributed by atoms with van der Waals surface area (Å²) in [6.07, 6.45) is 9.18. The van der Waals surface area contributed by atoms with Gasteiger partial charge in [-0.2, -0.15) is 0 Å². The summed E-state index contributed by atoms with van der Waals surface area (Å²) in [6, 6.07) is 3.03. The molecule has 15 nitrogen and oxygen atoms in total. The predicted octanol–water partition coefficient (Wildman–Crippen LogP) is 6.48. The molecule has 17 heteroatoms. The Hall–Kier alpha value is -4.96. The summed E-state index contributed by atoms with van der Waals surface area (Å²) in [6.45, 7) is 3.53. The maximum absolute atomic E-state index is 14.6. The number of aromatic nitrogens is 2. The molecule has 0 spiro atoms. The van der Waals surface area contributed by atoms with Crippen molar-refractivity contribution in [2.45, 2.75) is 114 Å². The summed E-state index contributed by atoms with van der Waals surface area (Å²) in [5.74, 6) is -2.34. The number of pyridine rings is 1. The molecule has 3 fully saturated rings. The van der Waals surface area contributed by atoms with Crippen LogP contribution in [0.2, 0.25) is 5.02 Å². The second-order valence-corrected chi connectivity index (χ2v) is 17.0. The lowest BCUT2D eigenvalue weighted by molar-refractivity contribution is -0.145. The first kappa shape index (κ1) is 41.2. The number of aliphatic carboxylic acids is 1. The van der Waals surface area contributed by atoms with Gasteiger partial charge in [-0.3, -0.25) is 14.4 Å². The van der Waals surface area contributed by atoms with Crippen LogP contribution in [0, 0.1) is 11.8 Å². The van der Waals surface area contributed by atoms with Crippen LogP contribution in [0.4, 0.5) is 9.93 Å². The van der Waals surface area contributed by atoms with Gasteiger partial charge in [0.25, 0.3) is 0 Å². The second-order valence-electron chi connectivity index (χ2n) is 15.8. The lowest BCUT2D eigenvalue weighted by Gasteiger charge is -2.29. The number of carboxylic acid groups (broad SMARTS) is 1. The van der Waals surface area contributed by atoms with E-state index in [1.165, 1.54) is 23.3 Å². The zero-order chi connectivity index (χ0) is 41.1. The monoisotopic (exact) mass is 836 g/mol. The van der Waals surface area contributed by atoms with Crippen LogP contribution < -0.4 is 25.4 Å². The van der Waals surface area contributed by atoms with Crippen molar-refractivity contribution in [1.29, 1.82) is 0 Å². The number of amides is 4. The SMILES string of the molecule is COc1ccc2c(O[C@@H]3C[C@H]4C(=O)N[C@]5(C(=O)O)C[C@@H]5/C=C\CCCCC[C@H](NC(=O)OC5CCCC5)C(=O)N4C3)cc(-c3csc(NC(=O)C(C)C)n3)nc2c1Cl. The van der Waals surface area contributed by atoms with E-state index in [0.717, 1.165) is 44.9 Å². The highest BCUT2D eigenvalue weighted by Crippen LogP contribution is 2.46. The maximum atomic E-state index is 14.6. The Bertz CT molecular complexity index is 2100. The number of carbonyl (C=O) groups is 5. The van der Waals surface area contributed by atoms with Crippen LogP contribution in [0.15, 0.2) is 35.7 Å². The van der Waals surface area contributed by atoms with Gasteiger partial charge in [-0.1, -0.05) is 50.4 Å². The molecule has 4 aliphatic rings. The summed E-state index contributed by atoms with van der Waals surface area (Å²) in [4.78, 5) is 77.8. The van der Waals surface area contributed by atoms with Gasteiger partial charge in [-0.15, -0.1) is 11.3 Å². The van der Waals surface area contributed by atoms with E-state index in [2.05, 4.69) is 20.9 Å². The van der Waals surface area contributed by atoms with Crippen LogP contribution in [0.3, 0.4) is 0 Å². The number of rotatable bonds is 9. The van der Waals surface area contributed by atoms with Gasteiger partial charge in [-0.05, 0) is 63.5 Å². The molecule has 1 aromatic carbocycles. The number of thiazole rings is 1. The van der Waals surface area contributed by atoms with Crippen LogP contribution >= 0.6 is 22.9 Å². The smallest absolute Gasteiger partial charge is 0.408 e. The van der Waals surface area contributed by atoms with Crippen molar-refractivity contribution in [2.75, 3.05) is 19.0 Å². The van der Waals surface area contributed by atoms with E-state index in [-0.39, 0.29) is 48.3 Å². The molecule has 2 aromatic heterocycles. The van der Waals surface area contributed by atoms with Crippen LogP contribution in [-0.4, -0.2) is 93.2 Å². The molecule has 7 rings (SSSR count). The third-order valence-electron chi connectivity index (χ3n) is 11.4. The van der Waals surface area contributed by atoms with Crippen molar-refractivity contribution in [3.8, 4) is 22.9 Å². The number of hydrogen-bond acceptors (Lipinski definition) is 11. The van der Waals surface area contributed by atoms with E-state index >= 15 is 0 Å². The standard InChI is InChI=1S/C41H49ClN6O9S/c1-22(2)35(49)46-39-44-29(21-58-39)28-18-32(26-15-16-31(55-3)33(42)34(26)43-28)56-25-17-30-36(50)47-41(38(52)53)19-23(41)11-7-5-4-6-8-14-27(37(51)48(30)20-25)45-40(54)57-24-12-9-10-13-24/h7,11,15-16,18,21-25,27,30H,4-6,8-10,12-14,17,19-20H2,1-3H3,(H,45,54)(H,47,50)(H,52,53)(H,44,46,49)/b11-7-/t23-,25+,27-,30-,41+/m0/s1. The number of hydrogen-bond donors (Lipinski definition) is 4. The van der Waals surface area contributed by atoms with Gasteiger partial charge in [0.1, 0.15) is 52.0 Å². The molecule has 5 atom stereocenters. The van der Waals surface area contributed by atoms with E-state index in [0.29, 0.717) is 51.8 Å². The van der Waals surface area contributed by atoms with Gasteiger partial charge >= 0.3 is 12.1 Å². The number of carbonyl (C=O) groups excluding carboxylic acids is 4. The van der Waals surface area contributed by atoms with Crippen LogP contribution in [0.25, 0.3) is 22.3 Å². The number of alkyl carbamates (subject to hydrolysis) is 1. The van der Waals surface area contributed by atoms with Gasteiger partial charge in [0.05, 0.1) is 24.9 Å². The number of fused-ring (bicyclic) bond motifs is 3. The number of nitrogens with zero attached hydrogens (tertiary/aromatic N) is 3. The fourth-order valence-electron chi connectivity index (χ4n) is 7.95. The molecule has 2 aliphatic heterocycles. The van der Waals surface area contributed by atoms with Crippen LogP contribution in [-0.2, 0) is 23.9 Å². The molecule has 0 radical (unpaired) electrons. The highest BCUT2D eigenvalue weighted by atomic mass is 35.5. The zero-order valence-corrected chi connectivity index (χ0v) is 34.3. The second kappa shape index (κ2) is 17.5. The first-order chi connectivity index (χ1) is 27.9. The molecule has 310 valence electrons. The molecule has 58 heavy (non-hydrogen) atoms. The highest BCUT2D eigenvalue weighted by molar-refractivity contribution is 7.14. The van der Waals surface area contributed by atoms with Crippen molar-refractivity contribution in [1.82, 2.24) is 25.5 Å². The molecule has 2 saturated carbocycles. The molecular weight excluding hydrogens is 788 g/mol. The Labute approximate surface area is 345 Å². The Kier molecular flexibility index (Phi) is 12.4. The maximum Gasteiger partial charge on any atom is 0.408 e. The van der Waals surface area contributed by atoms with Crippen molar-refractivity contribution in [2.24, 2.45) is 11.8 Å². The molecule has 0 bridgehead atoms. The number of benzene rings is 1. The van der Waals surface area contributed by atoms with E-state index < -0.39 is 47.6 Å². The van der Waals surface area contributed by atoms with Crippen LogP contribution in [0.1, 0.15) is 84.5 Å². The zero-order valence-electron chi connectivity index (χ0n) is 32.8. The van der Waals surface area contributed by atoms with E-state index in [4.69, 9.17) is 30.8 Å². The Balaban J connectivity index is 1.21. The molecule has 1 saturated heterocycles. The average Bonchev–Trinajstić information content (AvgIpc) is 3.62. The molecule has 3 aromatic rings. The van der Waals surface area contributed by atoms with Gasteiger partial charge < -0.3 is 40.2 Å². The fraction of sp³-hybridized carbons (Fsp3) is 0.537. The number of ether oxygens (including phenoxy) is 3. The minimum Gasteiger partial charge on any atom is -0.495 e. The number of allylic oxidation sites excluding steroid dienone is 1. The Morgan fingerprint density at radius 1 is 1.03 bits per heavy atom. The average molecular weight is 837 g/mol. The third kappa shape index (κ3) is 8.87. The number of carboxylic acids is 1. The van der Waals surface area contributed by atoms with Gasteiger partial charge in [0.15, 0.2) is 5.13 Å². The topological polar surface area (TPSA) is 198 Å². The Morgan fingerprint density at radius 2 is 1.81 bits per heavy atom. The molecule has 4 amide bonds. The van der Waals surface area contributed by atoms with Gasteiger partial charge in [0, 0.05) is 35.1 Å². The summed E-state index contributed by atoms with van der Waals surface area (Å²) in [7, 11) is 1.49. The minimum atomic E-state index is -1.49. The predicted molar refractivity (Wildman–Crippen MR) is 217 cm³/mol. The molecule has 4 heterocycles. The summed E-state index contributed by atoms with van der Waals surface area (Å²) >= 11 is 8.05. The van der Waals surface area contributed by atoms with E-state index in [1.807, 2.05) is 12.2 Å². The molecule has 2 aliphatic carbocycles. The number of methoxy groups -OCH3 is 1. The van der Waals surface area contributed by atoms with Crippen LogP contribution in [0.5, 0.6) is 11.5 Å². The lowest BCUT2D eigenvalue weighted by atomic mass is 10.0. The normalized spacial score (nSPS) is 25.8. The number of halogens is 1. The summed E-state index contributed by atoms with van der Waals surface area (Å²) in [5, 5.41) is 21.6. The molecular formula is C41H49ClN6O9S. The lowest BCUT2D eigenvalue weighted by Crippen LogP contribution is -2.56. The quantitative estimate of drug-likeness (QED) is 0.172. The van der Waals surface area contributed by atoms with Crippen molar-refractivity contribution in [3.05, 3.63) is 40.8 Å². The summed E-state index contributed by atoms with van der Waals surface area (Å²) < 4.78 is 17.8. The van der Waals surface area contributed by atoms with Gasteiger partial charge in [-0.25, -0.2) is 19.6 Å². The number of nitrogens with one attached hydrogen (secondary N) is 3.